The third-order valence-electron chi connectivity index (χ3n) is 2.80. The standard InChI is InChI=1S/C14H14ClF2NO/c1-3-18-14(13-5-4-8(2)19-13)9-6-11(16)12(17)7-10(9)15/h4-7,14,18H,3H2,1-2H3. The summed E-state index contributed by atoms with van der Waals surface area (Å²) in [7, 11) is 0. The van der Waals surface area contributed by atoms with Crippen LogP contribution in [0.2, 0.25) is 5.02 Å². The molecule has 2 nitrogen and oxygen atoms in total. The fourth-order valence-corrected chi connectivity index (χ4v) is 2.20. The number of halogens is 3. The minimum Gasteiger partial charge on any atom is -0.464 e. The average molecular weight is 286 g/mol. The molecule has 1 heterocycles. The average Bonchev–Trinajstić information content (AvgIpc) is 2.78. The lowest BCUT2D eigenvalue weighted by atomic mass is 10.0. The number of nitrogens with one attached hydrogen (secondary N) is 1. The molecule has 0 amide bonds. The fraction of sp³-hybridized carbons (Fsp3) is 0.286. The summed E-state index contributed by atoms with van der Waals surface area (Å²) in [6.07, 6.45) is 0. The van der Waals surface area contributed by atoms with Crippen molar-refractivity contribution in [3.63, 3.8) is 0 Å². The Balaban J connectivity index is 2.47. The summed E-state index contributed by atoms with van der Waals surface area (Å²) < 4.78 is 32.0. The monoisotopic (exact) mass is 285 g/mol. The summed E-state index contributed by atoms with van der Waals surface area (Å²) in [6.45, 7) is 4.37. The predicted octanol–water partition coefficient (Wildman–Crippen LogP) is 4.22. The molecule has 2 rings (SSSR count). The van der Waals surface area contributed by atoms with Gasteiger partial charge in [0.2, 0.25) is 0 Å². The molecule has 0 saturated heterocycles. The van der Waals surface area contributed by atoms with E-state index in [9.17, 15) is 8.78 Å². The summed E-state index contributed by atoms with van der Waals surface area (Å²) >= 11 is 6.00. The molecule has 1 aromatic heterocycles. The van der Waals surface area contributed by atoms with Crippen LogP contribution in [0.25, 0.3) is 0 Å². The largest absolute Gasteiger partial charge is 0.464 e. The van der Waals surface area contributed by atoms with E-state index in [1.54, 1.807) is 6.07 Å². The van der Waals surface area contributed by atoms with Crippen LogP contribution in [0.3, 0.4) is 0 Å². The molecular formula is C14H14ClF2NO. The van der Waals surface area contributed by atoms with Crippen LogP contribution in [0.1, 0.15) is 30.0 Å². The highest BCUT2D eigenvalue weighted by Crippen LogP contribution is 2.31. The van der Waals surface area contributed by atoms with Gasteiger partial charge in [-0.15, -0.1) is 0 Å². The summed E-state index contributed by atoms with van der Waals surface area (Å²) in [5.41, 5.74) is 0.455. The van der Waals surface area contributed by atoms with Gasteiger partial charge in [-0.05, 0) is 43.3 Å². The van der Waals surface area contributed by atoms with Gasteiger partial charge in [-0.1, -0.05) is 18.5 Å². The van der Waals surface area contributed by atoms with Crippen LogP contribution in [0.15, 0.2) is 28.7 Å². The zero-order chi connectivity index (χ0) is 14.0. The number of furan rings is 1. The Morgan fingerprint density at radius 3 is 2.53 bits per heavy atom. The maximum absolute atomic E-state index is 13.4. The first-order chi connectivity index (χ1) is 9.02. The van der Waals surface area contributed by atoms with Gasteiger partial charge in [-0.3, -0.25) is 0 Å². The Bertz CT molecular complexity index is 583. The number of hydrogen-bond acceptors (Lipinski definition) is 2. The first-order valence-corrected chi connectivity index (χ1v) is 6.35. The van der Waals surface area contributed by atoms with E-state index in [4.69, 9.17) is 16.0 Å². The molecule has 1 atom stereocenters. The zero-order valence-electron chi connectivity index (χ0n) is 10.6. The summed E-state index contributed by atoms with van der Waals surface area (Å²) in [5.74, 6) is -0.519. The van der Waals surface area contributed by atoms with Crippen LogP contribution in [0, 0.1) is 18.6 Å². The van der Waals surface area contributed by atoms with Gasteiger partial charge in [0.25, 0.3) is 0 Å². The first-order valence-electron chi connectivity index (χ1n) is 5.97. The maximum atomic E-state index is 13.4. The molecule has 0 radical (unpaired) electrons. The van der Waals surface area contributed by atoms with Crippen LogP contribution in [0.5, 0.6) is 0 Å². The van der Waals surface area contributed by atoms with Crippen molar-refractivity contribution in [1.29, 1.82) is 0 Å². The fourth-order valence-electron chi connectivity index (χ4n) is 1.94. The normalized spacial score (nSPS) is 12.7. The van der Waals surface area contributed by atoms with Gasteiger partial charge in [-0.25, -0.2) is 8.78 Å². The van der Waals surface area contributed by atoms with E-state index in [1.807, 2.05) is 19.9 Å². The quantitative estimate of drug-likeness (QED) is 0.851. The summed E-state index contributed by atoms with van der Waals surface area (Å²) in [4.78, 5) is 0. The van der Waals surface area contributed by atoms with E-state index in [0.29, 0.717) is 17.9 Å². The molecule has 5 heteroatoms. The van der Waals surface area contributed by atoms with Crippen molar-refractivity contribution < 1.29 is 13.2 Å². The number of benzene rings is 1. The molecule has 0 spiro atoms. The van der Waals surface area contributed by atoms with E-state index >= 15 is 0 Å². The molecule has 0 fully saturated rings. The lowest BCUT2D eigenvalue weighted by molar-refractivity contribution is 0.432. The minimum absolute atomic E-state index is 0.166. The van der Waals surface area contributed by atoms with Crippen LogP contribution in [0.4, 0.5) is 8.78 Å². The molecule has 0 saturated carbocycles. The number of aryl methyl sites for hydroxylation is 1. The molecule has 1 N–H and O–H groups in total. The third-order valence-corrected chi connectivity index (χ3v) is 3.13. The molecular weight excluding hydrogens is 272 g/mol. The minimum atomic E-state index is -0.959. The third kappa shape index (κ3) is 2.96. The second-order valence-electron chi connectivity index (χ2n) is 4.23. The van der Waals surface area contributed by atoms with Crippen molar-refractivity contribution in [2.75, 3.05) is 6.54 Å². The highest BCUT2D eigenvalue weighted by molar-refractivity contribution is 6.31. The van der Waals surface area contributed by atoms with Crippen molar-refractivity contribution >= 4 is 11.6 Å². The molecule has 0 aliphatic carbocycles. The Morgan fingerprint density at radius 2 is 1.95 bits per heavy atom. The number of hydrogen-bond donors (Lipinski definition) is 1. The SMILES string of the molecule is CCNC(c1ccc(C)o1)c1cc(F)c(F)cc1Cl. The van der Waals surface area contributed by atoms with Gasteiger partial charge in [0.05, 0.1) is 6.04 Å². The number of rotatable bonds is 4. The topological polar surface area (TPSA) is 25.2 Å². The Morgan fingerprint density at radius 1 is 1.26 bits per heavy atom. The van der Waals surface area contributed by atoms with E-state index in [1.165, 1.54) is 0 Å². The van der Waals surface area contributed by atoms with Crippen molar-refractivity contribution in [3.05, 3.63) is 58.0 Å². The van der Waals surface area contributed by atoms with E-state index < -0.39 is 17.7 Å². The molecule has 1 unspecified atom stereocenters. The van der Waals surface area contributed by atoms with E-state index in [-0.39, 0.29) is 5.02 Å². The Labute approximate surface area is 115 Å². The highest BCUT2D eigenvalue weighted by atomic mass is 35.5. The van der Waals surface area contributed by atoms with Crippen molar-refractivity contribution in [2.24, 2.45) is 0 Å². The van der Waals surface area contributed by atoms with Crippen molar-refractivity contribution in [3.8, 4) is 0 Å². The second-order valence-corrected chi connectivity index (χ2v) is 4.63. The molecule has 102 valence electrons. The molecule has 0 bridgehead atoms. The summed E-state index contributed by atoms with van der Waals surface area (Å²) in [5, 5.41) is 3.31. The van der Waals surface area contributed by atoms with Gasteiger partial charge in [0, 0.05) is 5.02 Å². The highest BCUT2D eigenvalue weighted by Gasteiger charge is 2.21. The maximum Gasteiger partial charge on any atom is 0.160 e. The van der Waals surface area contributed by atoms with Gasteiger partial charge >= 0.3 is 0 Å². The molecule has 0 aliphatic rings. The van der Waals surface area contributed by atoms with Crippen molar-refractivity contribution in [1.82, 2.24) is 5.32 Å². The van der Waals surface area contributed by atoms with Crippen LogP contribution in [-0.2, 0) is 0 Å². The van der Waals surface area contributed by atoms with Crippen LogP contribution >= 0.6 is 11.6 Å². The van der Waals surface area contributed by atoms with Gasteiger partial charge < -0.3 is 9.73 Å². The molecule has 0 aliphatic heterocycles. The second kappa shape index (κ2) is 5.72. The van der Waals surface area contributed by atoms with E-state index in [2.05, 4.69) is 5.32 Å². The molecule has 1 aromatic carbocycles. The van der Waals surface area contributed by atoms with Crippen LogP contribution in [-0.4, -0.2) is 6.54 Å². The lowest BCUT2D eigenvalue weighted by Crippen LogP contribution is -2.22. The van der Waals surface area contributed by atoms with Gasteiger partial charge in [0.15, 0.2) is 11.6 Å². The Hall–Kier alpha value is -1.39. The molecule has 19 heavy (non-hydrogen) atoms. The Kier molecular flexibility index (Phi) is 4.22. The first kappa shape index (κ1) is 14.0. The molecule has 2 aromatic rings. The van der Waals surface area contributed by atoms with Crippen molar-refractivity contribution in [2.45, 2.75) is 19.9 Å². The van der Waals surface area contributed by atoms with Gasteiger partial charge in [-0.2, -0.15) is 0 Å². The predicted molar refractivity (Wildman–Crippen MR) is 70.3 cm³/mol. The summed E-state index contributed by atoms with van der Waals surface area (Å²) in [6, 6.07) is 5.28. The smallest absolute Gasteiger partial charge is 0.160 e. The van der Waals surface area contributed by atoms with E-state index in [0.717, 1.165) is 17.9 Å². The van der Waals surface area contributed by atoms with Crippen LogP contribution < -0.4 is 5.32 Å². The van der Waals surface area contributed by atoms with Gasteiger partial charge in [0.1, 0.15) is 11.5 Å². The zero-order valence-corrected chi connectivity index (χ0v) is 11.4. The lowest BCUT2D eigenvalue weighted by Gasteiger charge is -2.17.